The summed E-state index contributed by atoms with van der Waals surface area (Å²) in [6.07, 6.45) is -0.472. The second kappa shape index (κ2) is 16.8. The number of aliphatic hydroxyl groups excluding tert-OH is 1. The minimum Gasteiger partial charge on any atom is -0.507 e. The Balaban J connectivity index is 1.24. The lowest BCUT2D eigenvalue weighted by molar-refractivity contribution is -0.304. The van der Waals surface area contributed by atoms with Crippen LogP contribution in [0.4, 0.5) is 16.4 Å². The average Bonchev–Trinajstić information content (AvgIpc) is 3.17. The number of primary amides is 1. The zero-order valence-corrected chi connectivity index (χ0v) is 32.6. The number of allylic oxidation sites excluding steroid dienone is 2. The van der Waals surface area contributed by atoms with E-state index in [1.165, 1.54) is 19.2 Å². The third-order valence-corrected chi connectivity index (χ3v) is 10.1. The van der Waals surface area contributed by atoms with E-state index in [1.54, 1.807) is 51.4 Å². The smallest absolute Gasteiger partial charge is 0.404 e. The van der Waals surface area contributed by atoms with Crippen LogP contribution in [0, 0.1) is 6.92 Å². The summed E-state index contributed by atoms with van der Waals surface area (Å²) in [4.78, 5) is 51.8. The molecule has 57 heavy (non-hydrogen) atoms. The number of methoxy groups -OCH3 is 1. The molecule has 4 heterocycles. The fourth-order valence-corrected chi connectivity index (χ4v) is 7.14. The van der Waals surface area contributed by atoms with Gasteiger partial charge in [0.1, 0.15) is 23.2 Å². The van der Waals surface area contributed by atoms with Crippen molar-refractivity contribution < 1.29 is 48.3 Å². The van der Waals surface area contributed by atoms with Gasteiger partial charge in [0, 0.05) is 68.9 Å². The Hall–Kier alpha value is -5.75. The fourth-order valence-electron chi connectivity index (χ4n) is 7.14. The van der Waals surface area contributed by atoms with Crippen LogP contribution in [0.25, 0.3) is 11.0 Å². The number of aliphatic hydroxyl groups is 1. The lowest BCUT2D eigenvalue weighted by Crippen LogP contribution is -2.65. The largest absolute Gasteiger partial charge is 0.507 e. The quantitative estimate of drug-likeness (QED) is 0.108. The molecule has 0 spiro atoms. The highest BCUT2D eigenvalue weighted by atomic mass is 16.7. The van der Waals surface area contributed by atoms with Crippen molar-refractivity contribution in [3.8, 4) is 17.2 Å². The van der Waals surface area contributed by atoms with E-state index in [-0.39, 0.29) is 33.6 Å². The zero-order chi connectivity index (χ0) is 41.2. The molecule has 17 heteroatoms. The van der Waals surface area contributed by atoms with Gasteiger partial charge in [-0.15, -0.1) is 0 Å². The number of piperazine rings is 1. The van der Waals surface area contributed by atoms with E-state index < -0.39 is 59.3 Å². The number of nitrogens with one attached hydrogen (secondary N) is 1. The van der Waals surface area contributed by atoms with Gasteiger partial charge in [-0.05, 0) is 76.9 Å². The van der Waals surface area contributed by atoms with Crippen LogP contribution in [0.15, 0.2) is 63.6 Å². The van der Waals surface area contributed by atoms with Crippen molar-refractivity contribution in [2.24, 2.45) is 5.73 Å². The number of aromatic hydroxyl groups is 2. The van der Waals surface area contributed by atoms with Gasteiger partial charge >= 0.3 is 11.7 Å². The van der Waals surface area contributed by atoms with Crippen LogP contribution in [0.5, 0.6) is 17.2 Å². The van der Waals surface area contributed by atoms with Gasteiger partial charge < -0.3 is 54.6 Å². The number of nitrogens with two attached hydrogens (primary N) is 1. The summed E-state index contributed by atoms with van der Waals surface area (Å²) in [6, 6.07) is 7.78. The van der Waals surface area contributed by atoms with Crippen LogP contribution in [0.3, 0.4) is 0 Å². The number of fused-ring (bicyclic) bond motifs is 1. The maximum Gasteiger partial charge on any atom is 0.404 e. The molecule has 2 aromatic heterocycles. The number of hydrogen-bond acceptors (Lipinski definition) is 15. The highest BCUT2D eigenvalue weighted by Crippen LogP contribution is 2.39. The molecule has 0 saturated carbocycles. The number of phenols is 1. The van der Waals surface area contributed by atoms with Gasteiger partial charge in [-0.1, -0.05) is 11.6 Å². The van der Waals surface area contributed by atoms with E-state index in [0.29, 0.717) is 56.2 Å². The number of benzene rings is 2. The number of hydrogen-bond donors (Lipinski definition) is 5. The van der Waals surface area contributed by atoms with Gasteiger partial charge in [0.25, 0.3) is 5.91 Å². The van der Waals surface area contributed by atoms with E-state index in [1.807, 2.05) is 19.9 Å². The van der Waals surface area contributed by atoms with E-state index >= 15 is 0 Å². The molecule has 0 aliphatic carbocycles. The predicted octanol–water partition coefficient (Wildman–Crippen LogP) is 3.74. The summed E-state index contributed by atoms with van der Waals surface area (Å²) in [5.74, 6) is -0.401. The second-order valence-electron chi connectivity index (χ2n) is 14.8. The molecule has 2 fully saturated rings. The van der Waals surface area contributed by atoms with E-state index in [0.717, 1.165) is 5.57 Å². The van der Waals surface area contributed by atoms with Crippen molar-refractivity contribution in [2.45, 2.75) is 77.8 Å². The molecular weight excluding hydrogens is 740 g/mol. The SMILES string of the molecule is CO[C@@H]1[C@@H](OC(N)=O)[C@@H](O)[C@H](Oc2ccc3c(O)c(NC(=O)c4cc(CC=C(C)C)c(O)c(CN5CCN(c6ncccn6)CC5)c4)c(=O)oc3c2C)OC1(C)C. The number of ether oxygens (including phenoxy) is 4. The molecule has 304 valence electrons. The number of rotatable bonds is 11. The van der Waals surface area contributed by atoms with Crippen molar-refractivity contribution in [3.63, 3.8) is 0 Å². The fraction of sp³-hybridized carbons (Fsp3) is 0.425. The minimum atomic E-state index is -1.54. The highest BCUT2D eigenvalue weighted by Gasteiger charge is 2.53. The van der Waals surface area contributed by atoms with Crippen LogP contribution in [0.1, 0.15) is 54.7 Å². The van der Waals surface area contributed by atoms with Crippen LogP contribution in [-0.4, -0.2) is 106 Å². The lowest BCUT2D eigenvalue weighted by Gasteiger charge is -2.47. The van der Waals surface area contributed by atoms with E-state index in [4.69, 9.17) is 29.1 Å². The third-order valence-electron chi connectivity index (χ3n) is 10.1. The van der Waals surface area contributed by atoms with Gasteiger partial charge in [-0.3, -0.25) is 9.69 Å². The molecule has 2 saturated heterocycles. The van der Waals surface area contributed by atoms with Gasteiger partial charge in [-0.2, -0.15) is 0 Å². The zero-order valence-electron chi connectivity index (χ0n) is 32.6. The Morgan fingerprint density at radius 2 is 1.75 bits per heavy atom. The van der Waals surface area contributed by atoms with Crippen LogP contribution < -0.4 is 26.3 Å². The van der Waals surface area contributed by atoms with Gasteiger partial charge in [0.2, 0.25) is 12.2 Å². The van der Waals surface area contributed by atoms with Gasteiger partial charge in [-0.25, -0.2) is 19.6 Å². The molecular formula is C40H48N6O11. The Morgan fingerprint density at radius 3 is 2.40 bits per heavy atom. The van der Waals surface area contributed by atoms with Crippen molar-refractivity contribution in [1.29, 1.82) is 0 Å². The Labute approximate surface area is 328 Å². The molecule has 0 unspecified atom stereocenters. The molecule has 2 amide bonds. The van der Waals surface area contributed by atoms with Gasteiger partial charge in [0.15, 0.2) is 23.6 Å². The number of amides is 2. The summed E-state index contributed by atoms with van der Waals surface area (Å²) in [6.45, 7) is 11.8. The minimum absolute atomic E-state index is 0.0490. The van der Waals surface area contributed by atoms with Crippen LogP contribution in [0.2, 0.25) is 0 Å². The maximum atomic E-state index is 13.8. The number of carbonyl (C=O) groups is 2. The highest BCUT2D eigenvalue weighted by molar-refractivity contribution is 6.07. The van der Waals surface area contributed by atoms with Crippen molar-refractivity contribution in [3.05, 3.63) is 87.0 Å². The molecule has 6 N–H and O–H groups in total. The maximum absolute atomic E-state index is 13.8. The first-order chi connectivity index (χ1) is 27.1. The molecule has 4 atom stereocenters. The number of aromatic nitrogens is 2. The summed E-state index contributed by atoms with van der Waals surface area (Å²) < 4.78 is 28.3. The second-order valence-corrected chi connectivity index (χ2v) is 14.8. The van der Waals surface area contributed by atoms with E-state index in [9.17, 15) is 29.7 Å². The third kappa shape index (κ3) is 8.81. The topological polar surface area (TPSA) is 232 Å². The first kappa shape index (κ1) is 40.9. The first-order valence-electron chi connectivity index (χ1n) is 18.4. The number of phenolic OH excluding ortho intramolecular Hbond substituents is 1. The Bertz CT molecular complexity index is 2220. The summed E-state index contributed by atoms with van der Waals surface area (Å²) in [7, 11) is 1.37. The molecule has 0 radical (unpaired) electrons. The van der Waals surface area contributed by atoms with Crippen LogP contribution >= 0.6 is 0 Å². The number of aryl methyl sites for hydroxylation is 1. The summed E-state index contributed by atoms with van der Waals surface area (Å²) in [5, 5.41) is 36.4. The molecule has 6 rings (SSSR count). The monoisotopic (exact) mass is 788 g/mol. The van der Waals surface area contributed by atoms with Gasteiger partial charge in [0.05, 0.1) is 11.0 Å². The number of nitrogens with zero attached hydrogens (tertiary/aromatic N) is 4. The van der Waals surface area contributed by atoms with Crippen molar-refractivity contribution in [2.75, 3.05) is 43.5 Å². The van der Waals surface area contributed by atoms with Crippen molar-refractivity contribution in [1.82, 2.24) is 14.9 Å². The molecule has 2 aliphatic heterocycles. The average molecular weight is 789 g/mol. The molecule has 2 aliphatic rings. The number of anilines is 2. The number of carbonyl (C=O) groups excluding carboxylic acids is 2. The standard InChI is InChI=1S/C40H48N6O11/c1-21(2)8-9-23-18-24(19-25(29(23)47)20-45-14-16-46(17-15-45)39-42-12-7-13-43-39)35(50)44-28-30(48)26-10-11-27(22(3)32(26)55-36(28)51)54-37-31(49)33(56-38(41)52)34(53-6)40(4,5)57-37/h7-8,10-13,18-19,31,33-34,37,47-49H,9,14-17,20H2,1-6H3,(H2,41,52)(H,44,50)/t31-,33+,34-,37-/m1/s1. The Morgan fingerprint density at radius 1 is 1.07 bits per heavy atom. The van der Waals surface area contributed by atoms with E-state index in [2.05, 4.69) is 25.1 Å². The predicted molar refractivity (Wildman–Crippen MR) is 208 cm³/mol. The lowest BCUT2D eigenvalue weighted by atomic mass is 9.89. The Kier molecular flexibility index (Phi) is 12.0. The molecule has 0 bridgehead atoms. The van der Waals surface area contributed by atoms with Crippen molar-refractivity contribution >= 4 is 34.6 Å². The summed E-state index contributed by atoms with van der Waals surface area (Å²) >= 11 is 0. The van der Waals surface area contributed by atoms with Crippen LogP contribution in [-0.2, 0) is 27.2 Å². The molecule has 17 nitrogen and oxygen atoms in total. The first-order valence-corrected chi connectivity index (χ1v) is 18.4. The molecule has 2 aromatic carbocycles. The normalized spacial score (nSPS) is 20.9. The molecule has 4 aromatic rings. The summed E-state index contributed by atoms with van der Waals surface area (Å²) in [5.41, 5.74) is 5.08.